The van der Waals surface area contributed by atoms with Crippen LogP contribution in [0.1, 0.15) is 57.6 Å². The van der Waals surface area contributed by atoms with Crippen LogP contribution in [0.2, 0.25) is 0 Å². The standard InChI is InChI=1S/C33H37F2N3O4/c1-33(2,3)42-32(39)38(19-5-6-23-20-24(34)8-12-28(23)35)30-14-11-25(41-31(30)15-17-36)9-7-22-16-18-37-29-13-10-26(40-4)21-27(22)29/h5-6,8,10,12-13,16,18,20-21,25,30-31H,7,9,11,14-15,19H2,1-4H3/t25-,30-,31-/m1/s1. The van der Waals surface area contributed by atoms with Gasteiger partial charge < -0.3 is 14.2 Å². The van der Waals surface area contributed by atoms with E-state index in [9.17, 15) is 18.8 Å². The molecule has 0 bridgehead atoms. The molecule has 7 nitrogen and oxygen atoms in total. The third kappa shape index (κ3) is 8.04. The van der Waals surface area contributed by atoms with E-state index in [1.54, 1.807) is 40.2 Å². The maximum Gasteiger partial charge on any atom is 0.410 e. The maximum atomic E-state index is 14.2. The van der Waals surface area contributed by atoms with E-state index in [0.717, 1.165) is 53.3 Å². The monoisotopic (exact) mass is 577 g/mol. The van der Waals surface area contributed by atoms with Crippen LogP contribution < -0.4 is 4.74 Å². The van der Waals surface area contributed by atoms with Crippen molar-refractivity contribution >= 4 is 23.1 Å². The first-order chi connectivity index (χ1) is 20.1. The van der Waals surface area contributed by atoms with Gasteiger partial charge in [0, 0.05) is 23.7 Å². The molecule has 0 N–H and O–H groups in total. The first-order valence-corrected chi connectivity index (χ1v) is 14.1. The van der Waals surface area contributed by atoms with Crippen molar-refractivity contribution < 1.29 is 27.8 Å². The summed E-state index contributed by atoms with van der Waals surface area (Å²) in [5.74, 6) is -0.359. The fourth-order valence-electron chi connectivity index (χ4n) is 5.24. The molecule has 0 saturated carbocycles. The summed E-state index contributed by atoms with van der Waals surface area (Å²) in [5.41, 5.74) is 1.35. The Labute approximate surface area is 245 Å². The molecule has 0 radical (unpaired) electrons. The van der Waals surface area contributed by atoms with E-state index in [0.29, 0.717) is 12.8 Å². The Morgan fingerprint density at radius 3 is 2.74 bits per heavy atom. The summed E-state index contributed by atoms with van der Waals surface area (Å²) < 4.78 is 45.3. The molecule has 1 amide bonds. The number of hydrogen-bond donors (Lipinski definition) is 0. The predicted molar refractivity (Wildman–Crippen MR) is 157 cm³/mol. The number of halogens is 2. The molecule has 1 saturated heterocycles. The van der Waals surface area contributed by atoms with Crippen LogP contribution in [0.5, 0.6) is 5.75 Å². The van der Waals surface area contributed by atoms with Crippen molar-refractivity contribution in [2.45, 2.75) is 76.7 Å². The van der Waals surface area contributed by atoms with E-state index < -0.39 is 35.5 Å². The Balaban J connectivity index is 1.50. The van der Waals surface area contributed by atoms with Crippen molar-refractivity contribution in [2.24, 2.45) is 0 Å². The summed E-state index contributed by atoms with van der Waals surface area (Å²) in [6.45, 7) is 5.41. The van der Waals surface area contributed by atoms with Crippen LogP contribution >= 0.6 is 0 Å². The van der Waals surface area contributed by atoms with Gasteiger partial charge in [-0.25, -0.2) is 13.6 Å². The van der Waals surface area contributed by atoms with Crippen LogP contribution in [0.25, 0.3) is 17.0 Å². The van der Waals surface area contributed by atoms with Gasteiger partial charge in [-0.3, -0.25) is 9.88 Å². The molecule has 9 heteroatoms. The fraction of sp³-hybridized carbons (Fsp3) is 0.424. The summed E-state index contributed by atoms with van der Waals surface area (Å²) in [4.78, 5) is 19.3. The Kier molecular flexibility index (Phi) is 10.1. The fourth-order valence-corrected chi connectivity index (χ4v) is 5.24. The van der Waals surface area contributed by atoms with Gasteiger partial charge in [0.05, 0.1) is 43.4 Å². The second-order valence-electron chi connectivity index (χ2n) is 11.4. The lowest BCUT2D eigenvalue weighted by atomic mass is 9.92. The number of rotatable bonds is 9. The molecule has 4 rings (SSSR count). The number of aryl methyl sites for hydroxylation is 1. The minimum atomic E-state index is -0.744. The average molecular weight is 578 g/mol. The number of hydrogen-bond acceptors (Lipinski definition) is 6. The topological polar surface area (TPSA) is 84.7 Å². The quantitative estimate of drug-likeness (QED) is 0.267. The number of amides is 1. The molecule has 2 aromatic carbocycles. The Hall–Kier alpha value is -4.03. The van der Waals surface area contributed by atoms with E-state index in [2.05, 4.69) is 11.1 Å². The van der Waals surface area contributed by atoms with Gasteiger partial charge in [-0.15, -0.1) is 0 Å². The number of pyridine rings is 1. The van der Waals surface area contributed by atoms with E-state index in [4.69, 9.17) is 14.2 Å². The van der Waals surface area contributed by atoms with Crippen LogP contribution in [-0.4, -0.2) is 53.5 Å². The van der Waals surface area contributed by atoms with Crippen LogP contribution in [0, 0.1) is 23.0 Å². The number of fused-ring (bicyclic) bond motifs is 1. The second-order valence-corrected chi connectivity index (χ2v) is 11.4. The van der Waals surface area contributed by atoms with Gasteiger partial charge in [-0.2, -0.15) is 5.26 Å². The number of nitriles is 1. The van der Waals surface area contributed by atoms with E-state index in [-0.39, 0.29) is 24.6 Å². The van der Waals surface area contributed by atoms with Crippen molar-refractivity contribution in [1.29, 1.82) is 5.26 Å². The molecule has 1 aromatic heterocycles. The number of carbonyl (C=O) groups is 1. The first kappa shape index (κ1) is 30.9. The number of methoxy groups -OCH3 is 1. The van der Waals surface area contributed by atoms with Crippen LogP contribution in [0.15, 0.2) is 54.7 Å². The minimum Gasteiger partial charge on any atom is -0.497 e. The largest absolute Gasteiger partial charge is 0.497 e. The normalized spacial score (nSPS) is 19.0. The molecule has 1 aliphatic heterocycles. The smallest absolute Gasteiger partial charge is 0.410 e. The maximum absolute atomic E-state index is 14.2. The van der Waals surface area contributed by atoms with Crippen LogP contribution in [0.3, 0.4) is 0 Å². The van der Waals surface area contributed by atoms with Gasteiger partial charge in [0.2, 0.25) is 0 Å². The number of aromatic nitrogens is 1. The molecule has 0 unspecified atom stereocenters. The molecule has 2 heterocycles. The summed E-state index contributed by atoms with van der Waals surface area (Å²) in [5, 5.41) is 10.6. The molecule has 1 fully saturated rings. The van der Waals surface area contributed by atoms with Gasteiger partial charge in [0.25, 0.3) is 0 Å². The molecule has 1 aliphatic rings. The van der Waals surface area contributed by atoms with Gasteiger partial charge in [0.15, 0.2) is 0 Å². The number of nitrogens with zero attached hydrogens (tertiary/aromatic N) is 3. The summed E-state index contributed by atoms with van der Waals surface area (Å²) in [7, 11) is 1.63. The van der Waals surface area contributed by atoms with Crippen LogP contribution in [-0.2, 0) is 15.9 Å². The van der Waals surface area contributed by atoms with Crippen molar-refractivity contribution in [3.63, 3.8) is 0 Å². The van der Waals surface area contributed by atoms with Crippen molar-refractivity contribution in [1.82, 2.24) is 9.88 Å². The summed E-state index contributed by atoms with van der Waals surface area (Å²) in [6, 6.07) is 12.8. The molecule has 42 heavy (non-hydrogen) atoms. The molecular formula is C33H37F2N3O4. The molecule has 222 valence electrons. The van der Waals surface area contributed by atoms with Crippen LogP contribution in [0.4, 0.5) is 13.6 Å². The highest BCUT2D eigenvalue weighted by Gasteiger charge is 2.38. The van der Waals surface area contributed by atoms with E-state index in [1.807, 2.05) is 24.3 Å². The SMILES string of the molecule is COc1ccc2nccc(CC[C@@H]3CC[C@@H](N(CC=Cc4cc(F)ccc4F)C(=O)OC(C)(C)C)[C@@H](CC#N)O3)c2c1. The zero-order valence-corrected chi connectivity index (χ0v) is 24.5. The van der Waals surface area contributed by atoms with E-state index >= 15 is 0 Å². The van der Waals surface area contributed by atoms with Crippen molar-refractivity contribution in [2.75, 3.05) is 13.7 Å². The number of ether oxygens (including phenoxy) is 3. The average Bonchev–Trinajstić information content (AvgIpc) is 2.95. The zero-order chi connectivity index (χ0) is 30.3. The van der Waals surface area contributed by atoms with Gasteiger partial charge in [-0.05, 0) is 94.5 Å². The second kappa shape index (κ2) is 13.8. The number of carbonyl (C=O) groups excluding carboxylic acids is 1. The van der Waals surface area contributed by atoms with Gasteiger partial charge in [0.1, 0.15) is 23.0 Å². The highest BCUT2D eigenvalue weighted by Crippen LogP contribution is 2.31. The molecule has 3 aromatic rings. The highest BCUT2D eigenvalue weighted by atomic mass is 19.1. The molecule has 0 spiro atoms. The Bertz CT molecular complexity index is 1460. The van der Waals surface area contributed by atoms with Crippen molar-refractivity contribution in [3.8, 4) is 11.8 Å². The lowest BCUT2D eigenvalue weighted by Crippen LogP contribution is -2.53. The zero-order valence-electron chi connectivity index (χ0n) is 24.5. The Morgan fingerprint density at radius 1 is 1.19 bits per heavy atom. The third-order valence-electron chi connectivity index (χ3n) is 7.23. The third-order valence-corrected chi connectivity index (χ3v) is 7.23. The number of benzene rings is 2. The van der Waals surface area contributed by atoms with E-state index in [1.165, 1.54) is 11.0 Å². The molecule has 0 aliphatic carbocycles. The lowest BCUT2D eigenvalue weighted by molar-refractivity contribution is -0.0965. The molecule has 3 atom stereocenters. The predicted octanol–water partition coefficient (Wildman–Crippen LogP) is 7.23. The lowest BCUT2D eigenvalue weighted by Gasteiger charge is -2.42. The van der Waals surface area contributed by atoms with Crippen molar-refractivity contribution in [3.05, 3.63) is 77.5 Å². The van der Waals surface area contributed by atoms with Gasteiger partial charge in [-0.1, -0.05) is 12.2 Å². The van der Waals surface area contributed by atoms with Gasteiger partial charge >= 0.3 is 6.09 Å². The Morgan fingerprint density at radius 2 is 2.00 bits per heavy atom. The summed E-state index contributed by atoms with van der Waals surface area (Å²) in [6.07, 6.45) is 6.49. The minimum absolute atomic E-state index is 0.0777. The molecular weight excluding hydrogens is 540 g/mol. The first-order valence-electron chi connectivity index (χ1n) is 14.1. The summed E-state index contributed by atoms with van der Waals surface area (Å²) >= 11 is 0. The highest BCUT2D eigenvalue weighted by molar-refractivity contribution is 5.83.